The second-order valence-corrected chi connectivity index (χ2v) is 5.88. The van der Waals surface area contributed by atoms with Gasteiger partial charge < -0.3 is 9.30 Å². The first-order valence-electron chi connectivity index (χ1n) is 7.45. The van der Waals surface area contributed by atoms with Crippen LogP contribution in [-0.2, 0) is 25.7 Å². The molecule has 0 atom stereocenters. The van der Waals surface area contributed by atoms with Crippen LogP contribution in [0.15, 0.2) is 29.8 Å². The molecule has 128 valence electrons. The maximum atomic E-state index is 12.1. The molecule has 2 heterocycles. The molecule has 3 rings (SSSR count). The fourth-order valence-electron chi connectivity index (χ4n) is 2.79. The smallest absolute Gasteiger partial charge is 0.325 e. The molecule has 7 nitrogen and oxygen atoms in total. The number of hydrogen-bond acceptors (Lipinski definition) is 5. The number of thiocarbonyl (C=S) groups is 1. The summed E-state index contributed by atoms with van der Waals surface area (Å²) in [6.45, 7) is 1.85. The van der Waals surface area contributed by atoms with Crippen molar-refractivity contribution in [1.82, 2.24) is 15.2 Å². The molecule has 1 aromatic carbocycles. The maximum Gasteiger partial charge on any atom is 0.325 e. The van der Waals surface area contributed by atoms with E-state index in [4.69, 9.17) is 17.0 Å². The lowest BCUT2D eigenvalue weighted by molar-refractivity contribution is -0.141. The molecular formula is C17H15N3O4S. The summed E-state index contributed by atoms with van der Waals surface area (Å²) in [6.07, 6.45) is 1.51. The van der Waals surface area contributed by atoms with Gasteiger partial charge in [-0.1, -0.05) is 18.2 Å². The zero-order valence-electron chi connectivity index (χ0n) is 13.6. The number of carbonyl (C=O) groups excluding carboxylic acids is 3. The van der Waals surface area contributed by atoms with Gasteiger partial charge in [0, 0.05) is 22.2 Å². The summed E-state index contributed by atoms with van der Waals surface area (Å²) in [5, 5.41) is 5.62. The van der Waals surface area contributed by atoms with E-state index in [1.807, 2.05) is 31.2 Å². The van der Waals surface area contributed by atoms with Crippen LogP contribution in [-0.4, -0.2) is 34.6 Å². The van der Waals surface area contributed by atoms with Gasteiger partial charge in [0.15, 0.2) is 5.11 Å². The molecule has 1 aromatic heterocycles. The minimum atomic E-state index is -0.557. The van der Waals surface area contributed by atoms with Crippen LogP contribution in [0.4, 0.5) is 0 Å². The fraction of sp³-hybridized carbons (Fsp3) is 0.176. The molecule has 2 N–H and O–H groups in total. The highest BCUT2D eigenvalue weighted by molar-refractivity contribution is 7.80. The van der Waals surface area contributed by atoms with Crippen molar-refractivity contribution < 1.29 is 19.1 Å². The molecule has 0 aliphatic carbocycles. The van der Waals surface area contributed by atoms with Crippen LogP contribution < -0.4 is 10.6 Å². The van der Waals surface area contributed by atoms with Gasteiger partial charge in [-0.05, 0) is 31.3 Å². The van der Waals surface area contributed by atoms with E-state index in [-0.39, 0.29) is 23.2 Å². The quantitative estimate of drug-likeness (QED) is 0.371. The van der Waals surface area contributed by atoms with Crippen LogP contribution in [0.25, 0.3) is 17.0 Å². The number of hydrogen-bond donors (Lipinski definition) is 2. The van der Waals surface area contributed by atoms with Gasteiger partial charge in [-0.2, -0.15) is 0 Å². The zero-order valence-corrected chi connectivity index (χ0v) is 14.4. The summed E-state index contributed by atoms with van der Waals surface area (Å²) in [6, 6.07) is 7.43. The molecule has 1 fully saturated rings. The minimum absolute atomic E-state index is 0.0167. The molecule has 0 unspecified atom stereocenters. The topological polar surface area (TPSA) is 89.4 Å². The van der Waals surface area contributed by atoms with Crippen molar-refractivity contribution in [3.8, 4) is 0 Å². The molecule has 1 saturated heterocycles. The standard InChI is InChI=1S/C17H15N3O4S/c1-9-11(7-12-15(22)18-17(25)19-16(12)23)10-5-3-4-6-13(10)20(9)8-14(21)24-2/h3-7H,8H2,1-2H3,(H2,18,19,22,23,25). The Morgan fingerprint density at radius 2 is 1.88 bits per heavy atom. The Kier molecular flexibility index (Phi) is 4.37. The molecule has 2 amide bonds. The summed E-state index contributed by atoms with van der Waals surface area (Å²) in [5.74, 6) is -1.50. The normalized spacial score (nSPS) is 14.3. The number of benzene rings is 1. The first-order valence-corrected chi connectivity index (χ1v) is 7.86. The molecule has 8 heteroatoms. The number of ether oxygens (including phenoxy) is 1. The van der Waals surface area contributed by atoms with Gasteiger partial charge in [0.25, 0.3) is 11.8 Å². The van der Waals surface area contributed by atoms with Crippen molar-refractivity contribution in [2.45, 2.75) is 13.5 Å². The van der Waals surface area contributed by atoms with Crippen LogP contribution in [0.1, 0.15) is 11.3 Å². The number of para-hydroxylation sites is 1. The fourth-order valence-corrected chi connectivity index (χ4v) is 2.97. The second kappa shape index (κ2) is 6.48. The van der Waals surface area contributed by atoms with Gasteiger partial charge in [0.2, 0.25) is 0 Å². The zero-order chi connectivity index (χ0) is 18.1. The highest BCUT2D eigenvalue weighted by Crippen LogP contribution is 2.28. The van der Waals surface area contributed by atoms with Crippen LogP contribution in [0.2, 0.25) is 0 Å². The van der Waals surface area contributed by atoms with Crippen LogP contribution in [0.5, 0.6) is 0 Å². The highest BCUT2D eigenvalue weighted by atomic mass is 32.1. The van der Waals surface area contributed by atoms with Crippen molar-refractivity contribution in [1.29, 1.82) is 0 Å². The number of rotatable bonds is 3. The van der Waals surface area contributed by atoms with Crippen LogP contribution >= 0.6 is 12.2 Å². The Morgan fingerprint density at radius 3 is 2.52 bits per heavy atom. The molecule has 0 saturated carbocycles. The molecule has 1 aliphatic heterocycles. The first-order chi connectivity index (χ1) is 11.9. The van der Waals surface area contributed by atoms with Gasteiger partial charge in [0.1, 0.15) is 12.1 Å². The van der Waals surface area contributed by atoms with Crippen molar-refractivity contribution in [2.24, 2.45) is 0 Å². The lowest BCUT2D eigenvalue weighted by Gasteiger charge is -2.16. The molecule has 25 heavy (non-hydrogen) atoms. The number of fused-ring (bicyclic) bond motifs is 1. The number of nitrogens with one attached hydrogen (secondary N) is 2. The number of methoxy groups -OCH3 is 1. The number of aromatic nitrogens is 1. The minimum Gasteiger partial charge on any atom is -0.468 e. The molecule has 1 aliphatic rings. The van der Waals surface area contributed by atoms with Crippen molar-refractivity contribution in [2.75, 3.05) is 7.11 Å². The Bertz CT molecular complexity index is 936. The summed E-state index contributed by atoms with van der Waals surface area (Å²) >= 11 is 4.80. The average Bonchev–Trinajstić information content (AvgIpc) is 2.83. The number of esters is 1. The van der Waals surface area contributed by atoms with E-state index in [2.05, 4.69) is 10.6 Å². The van der Waals surface area contributed by atoms with Crippen molar-refractivity contribution in [3.63, 3.8) is 0 Å². The molecule has 0 radical (unpaired) electrons. The Morgan fingerprint density at radius 1 is 1.24 bits per heavy atom. The van der Waals surface area contributed by atoms with Gasteiger partial charge in [-0.15, -0.1) is 0 Å². The van der Waals surface area contributed by atoms with E-state index in [1.54, 1.807) is 4.57 Å². The third-order valence-electron chi connectivity index (χ3n) is 4.03. The van der Waals surface area contributed by atoms with E-state index in [9.17, 15) is 14.4 Å². The van der Waals surface area contributed by atoms with Crippen molar-refractivity contribution in [3.05, 3.63) is 41.1 Å². The maximum absolute atomic E-state index is 12.1. The average molecular weight is 357 g/mol. The third kappa shape index (κ3) is 3.03. The monoisotopic (exact) mass is 357 g/mol. The van der Waals surface area contributed by atoms with Gasteiger partial charge in [0.05, 0.1) is 7.11 Å². The largest absolute Gasteiger partial charge is 0.468 e. The molecule has 2 aromatic rings. The van der Waals surface area contributed by atoms with E-state index in [1.165, 1.54) is 13.2 Å². The van der Waals surface area contributed by atoms with Crippen LogP contribution in [0, 0.1) is 6.92 Å². The Hall–Kier alpha value is -3.00. The lowest BCUT2D eigenvalue weighted by atomic mass is 10.1. The highest BCUT2D eigenvalue weighted by Gasteiger charge is 2.27. The second-order valence-electron chi connectivity index (χ2n) is 5.47. The third-order valence-corrected chi connectivity index (χ3v) is 4.23. The molecule has 0 spiro atoms. The lowest BCUT2D eigenvalue weighted by Crippen LogP contribution is -2.51. The summed E-state index contributed by atoms with van der Waals surface area (Å²) in [5.41, 5.74) is 2.20. The summed E-state index contributed by atoms with van der Waals surface area (Å²) in [4.78, 5) is 35.9. The SMILES string of the molecule is COC(=O)Cn1c(C)c(C=C2C(=O)NC(=S)NC2=O)c2ccccc21. The molecular weight excluding hydrogens is 342 g/mol. The number of amides is 2. The Labute approximate surface area is 148 Å². The van der Waals surface area contributed by atoms with Crippen molar-refractivity contribution >= 4 is 52.1 Å². The van der Waals surface area contributed by atoms with E-state index < -0.39 is 11.8 Å². The number of carbonyl (C=O) groups is 3. The van der Waals surface area contributed by atoms with E-state index in [0.717, 1.165) is 16.6 Å². The van der Waals surface area contributed by atoms with E-state index >= 15 is 0 Å². The number of nitrogens with zero attached hydrogens (tertiary/aromatic N) is 1. The predicted molar refractivity (Wildman–Crippen MR) is 95.6 cm³/mol. The van der Waals surface area contributed by atoms with Gasteiger partial charge in [-0.3, -0.25) is 25.0 Å². The predicted octanol–water partition coefficient (Wildman–Crippen LogP) is 1.04. The van der Waals surface area contributed by atoms with Crippen LogP contribution in [0.3, 0.4) is 0 Å². The summed E-state index contributed by atoms with van der Waals surface area (Å²) < 4.78 is 6.53. The van der Waals surface area contributed by atoms with E-state index in [0.29, 0.717) is 5.56 Å². The molecule has 0 bridgehead atoms. The Balaban J connectivity index is 2.17. The first kappa shape index (κ1) is 16.8. The van der Waals surface area contributed by atoms with Gasteiger partial charge in [-0.25, -0.2) is 0 Å². The van der Waals surface area contributed by atoms with Gasteiger partial charge >= 0.3 is 5.97 Å². The summed E-state index contributed by atoms with van der Waals surface area (Å²) in [7, 11) is 1.33.